The van der Waals surface area contributed by atoms with Crippen LogP contribution in [0, 0.1) is 0 Å². The summed E-state index contributed by atoms with van der Waals surface area (Å²) >= 11 is 0. The first-order chi connectivity index (χ1) is 9.53. The van der Waals surface area contributed by atoms with Crippen LogP contribution in [0.5, 0.6) is 11.5 Å². The maximum Gasteiger partial charge on any atom is 0.249 e. The molecule has 0 atom stereocenters. The minimum Gasteiger partial charge on any atom is -0.493 e. The highest BCUT2D eigenvalue weighted by atomic mass is 16.5. The van der Waals surface area contributed by atoms with Gasteiger partial charge in [-0.3, -0.25) is 4.79 Å². The Morgan fingerprint density at radius 3 is 2.45 bits per heavy atom. The fourth-order valence-corrected chi connectivity index (χ4v) is 2.02. The SMILES string of the molecule is CC/C=C(/C)C(=O)N(C)Cc1ccc(OC)c(OC)c1. The van der Waals surface area contributed by atoms with Crippen LogP contribution in [0.2, 0.25) is 0 Å². The number of likely N-dealkylation sites (N-methyl/N-ethyl adjacent to an activating group) is 1. The molecule has 0 saturated carbocycles. The van der Waals surface area contributed by atoms with Gasteiger partial charge in [-0.15, -0.1) is 0 Å². The van der Waals surface area contributed by atoms with Crippen LogP contribution in [0.15, 0.2) is 29.8 Å². The second-order valence-electron chi connectivity index (χ2n) is 4.65. The molecule has 1 amide bonds. The van der Waals surface area contributed by atoms with E-state index in [2.05, 4.69) is 0 Å². The van der Waals surface area contributed by atoms with Gasteiger partial charge >= 0.3 is 0 Å². The molecule has 1 rings (SSSR count). The lowest BCUT2D eigenvalue weighted by atomic mass is 10.1. The van der Waals surface area contributed by atoms with Crippen molar-refractivity contribution in [1.29, 1.82) is 0 Å². The van der Waals surface area contributed by atoms with E-state index in [0.29, 0.717) is 18.0 Å². The van der Waals surface area contributed by atoms with E-state index < -0.39 is 0 Å². The van der Waals surface area contributed by atoms with Crippen molar-refractivity contribution in [3.63, 3.8) is 0 Å². The van der Waals surface area contributed by atoms with Crippen molar-refractivity contribution < 1.29 is 14.3 Å². The molecular formula is C16H23NO3. The van der Waals surface area contributed by atoms with Crippen molar-refractivity contribution in [2.24, 2.45) is 0 Å². The van der Waals surface area contributed by atoms with Gasteiger partial charge in [-0.25, -0.2) is 0 Å². The maximum absolute atomic E-state index is 12.1. The average Bonchev–Trinajstić information content (AvgIpc) is 2.46. The van der Waals surface area contributed by atoms with E-state index in [4.69, 9.17) is 9.47 Å². The van der Waals surface area contributed by atoms with Gasteiger partial charge in [0.2, 0.25) is 5.91 Å². The first kappa shape index (κ1) is 16.1. The van der Waals surface area contributed by atoms with Gasteiger partial charge < -0.3 is 14.4 Å². The zero-order chi connectivity index (χ0) is 15.1. The fourth-order valence-electron chi connectivity index (χ4n) is 2.02. The Bertz CT molecular complexity index is 494. The minimum atomic E-state index is 0.0432. The number of benzene rings is 1. The van der Waals surface area contributed by atoms with Gasteiger partial charge in [0.05, 0.1) is 14.2 Å². The molecule has 0 aromatic heterocycles. The number of amides is 1. The highest BCUT2D eigenvalue weighted by Crippen LogP contribution is 2.28. The van der Waals surface area contributed by atoms with Crippen molar-refractivity contribution in [3.05, 3.63) is 35.4 Å². The molecule has 1 aromatic rings. The van der Waals surface area contributed by atoms with Crippen LogP contribution in [-0.4, -0.2) is 32.1 Å². The van der Waals surface area contributed by atoms with Crippen molar-refractivity contribution in [1.82, 2.24) is 4.90 Å². The zero-order valence-corrected chi connectivity index (χ0v) is 12.9. The maximum atomic E-state index is 12.1. The molecule has 0 unspecified atom stereocenters. The second kappa shape index (κ2) is 7.58. The number of carbonyl (C=O) groups is 1. The van der Waals surface area contributed by atoms with Crippen molar-refractivity contribution in [3.8, 4) is 11.5 Å². The van der Waals surface area contributed by atoms with E-state index in [0.717, 1.165) is 17.6 Å². The number of methoxy groups -OCH3 is 2. The van der Waals surface area contributed by atoms with Gasteiger partial charge in [0.25, 0.3) is 0 Å². The molecule has 0 spiro atoms. The molecule has 0 radical (unpaired) electrons. The third-order valence-corrected chi connectivity index (χ3v) is 3.06. The molecule has 0 aliphatic heterocycles. The first-order valence-electron chi connectivity index (χ1n) is 6.66. The number of rotatable bonds is 6. The van der Waals surface area contributed by atoms with Crippen LogP contribution in [0.3, 0.4) is 0 Å². The van der Waals surface area contributed by atoms with Crippen LogP contribution in [0.1, 0.15) is 25.8 Å². The molecule has 0 aliphatic rings. The average molecular weight is 277 g/mol. The number of hydrogen-bond acceptors (Lipinski definition) is 3. The summed E-state index contributed by atoms with van der Waals surface area (Å²) in [6.07, 6.45) is 2.80. The quantitative estimate of drug-likeness (QED) is 0.750. The number of allylic oxidation sites excluding steroid dienone is 1. The van der Waals surface area contributed by atoms with Crippen molar-refractivity contribution in [2.75, 3.05) is 21.3 Å². The molecule has 110 valence electrons. The largest absolute Gasteiger partial charge is 0.493 e. The first-order valence-corrected chi connectivity index (χ1v) is 6.66. The van der Waals surface area contributed by atoms with E-state index in [1.54, 1.807) is 26.2 Å². The highest BCUT2D eigenvalue weighted by molar-refractivity contribution is 5.92. The Balaban J connectivity index is 2.83. The van der Waals surface area contributed by atoms with Crippen LogP contribution in [-0.2, 0) is 11.3 Å². The summed E-state index contributed by atoms with van der Waals surface area (Å²) < 4.78 is 10.5. The summed E-state index contributed by atoms with van der Waals surface area (Å²) in [6.45, 7) is 4.40. The number of nitrogens with zero attached hydrogens (tertiary/aromatic N) is 1. The molecule has 20 heavy (non-hydrogen) atoms. The van der Waals surface area contributed by atoms with Crippen LogP contribution >= 0.6 is 0 Å². The highest BCUT2D eigenvalue weighted by Gasteiger charge is 2.12. The standard InChI is InChI=1S/C16H23NO3/c1-6-7-12(2)16(18)17(3)11-13-8-9-14(19-4)15(10-13)20-5/h7-10H,6,11H2,1-5H3/b12-7-. The summed E-state index contributed by atoms with van der Waals surface area (Å²) in [4.78, 5) is 13.8. The predicted molar refractivity (Wildman–Crippen MR) is 80.1 cm³/mol. The molecule has 0 heterocycles. The molecular weight excluding hydrogens is 254 g/mol. The second-order valence-corrected chi connectivity index (χ2v) is 4.65. The summed E-state index contributed by atoms with van der Waals surface area (Å²) in [5.74, 6) is 1.40. The van der Waals surface area contributed by atoms with Gasteiger partial charge in [-0.05, 0) is 31.0 Å². The summed E-state index contributed by atoms with van der Waals surface area (Å²) in [5, 5.41) is 0. The topological polar surface area (TPSA) is 38.8 Å². The summed E-state index contributed by atoms with van der Waals surface area (Å²) in [6, 6.07) is 5.67. The van der Waals surface area contributed by atoms with E-state index in [1.165, 1.54) is 0 Å². The van der Waals surface area contributed by atoms with Crippen LogP contribution in [0.25, 0.3) is 0 Å². The summed E-state index contributed by atoms with van der Waals surface area (Å²) in [5.41, 5.74) is 1.78. The molecule has 0 fully saturated rings. The monoisotopic (exact) mass is 277 g/mol. The Morgan fingerprint density at radius 2 is 1.90 bits per heavy atom. The smallest absolute Gasteiger partial charge is 0.249 e. The molecule has 4 heteroatoms. The molecule has 0 aliphatic carbocycles. The van der Waals surface area contributed by atoms with Crippen molar-refractivity contribution in [2.45, 2.75) is 26.8 Å². The Hall–Kier alpha value is -1.97. The number of carbonyl (C=O) groups excluding carboxylic acids is 1. The number of hydrogen-bond donors (Lipinski definition) is 0. The van der Waals surface area contributed by atoms with Gasteiger partial charge in [0.15, 0.2) is 11.5 Å². The molecule has 1 aromatic carbocycles. The van der Waals surface area contributed by atoms with Crippen LogP contribution < -0.4 is 9.47 Å². The van der Waals surface area contributed by atoms with Crippen molar-refractivity contribution >= 4 is 5.91 Å². The predicted octanol–water partition coefficient (Wildman–Crippen LogP) is 3.02. The van der Waals surface area contributed by atoms with Gasteiger partial charge in [0.1, 0.15) is 0 Å². The molecule has 4 nitrogen and oxygen atoms in total. The molecule has 0 saturated heterocycles. The van der Waals surface area contributed by atoms with E-state index in [1.807, 2.05) is 38.1 Å². The lowest BCUT2D eigenvalue weighted by Crippen LogP contribution is -2.26. The third kappa shape index (κ3) is 4.02. The lowest BCUT2D eigenvalue weighted by molar-refractivity contribution is -0.126. The fraction of sp³-hybridized carbons (Fsp3) is 0.438. The Morgan fingerprint density at radius 1 is 1.25 bits per heavy atom. The number of ether oxygens (including phenoxy) is 2. The lowest BCUT2D eigenvalue weighted by Gasteiger charge is -2.18. The normalized spacial score (nSPS) is 11.2. The Kier molecular flexibility index (Phi) is 6.10. The van der Waals surface area contributed by atoms with Gasteiger partial charge in [-0.1, -0.05) is 19.1 Å². The molecule has 0 N–H and O–H groups in total. The summed E-state index contributed by atoms with van der Waals surface area (Å²) in [7, 11) is 5.00. The van der Waals surface area contributed by atoms with E-state index in [9.17, 15) is 4.79 Å². The third-order valence-electron chi connectivity index (χ3n) is 3.06. The van der Waals surface area contributed by atoms with E-state index in [-0.39, 0.29) is 5.91 Å². The molecule has 0 bridgehead atoms. The van der Waals surface area contributed by atoms with E-state index >= 15 is 0 Å². The van der Waals surface area contributed by atoms with Gasteiger partial charge in [0, 0.05) is 19.2 Å². The Labute approximate surface area is 121 Å². The minimum absolute atomic E-state index is 0.0432. The van der Waals surface area contributed by atoms with Crippen LogP contribution in [0.4, 0.5) is 0 Å². The van der Waals surface area contributed by atoms with Gasteiger partial charge in [-0.2, -0.15) is 0 Å². The zero-order valence-electron chi connectivity index (χ0n) is 12.9.